The van der Waals surface area contributed by atoms with Crippen LogP contribution in [0.25, 0.3) is 27.1 Å². The average Bonchev–Trinajstić information content (AvgIpc) is 3.31. The Labute approximate surface area is 166 Å². The second-order valence-corrected chi connectivity index (χ2v) is 7.66. The predicted octanol–water partition coefficient (Wildman–Crippen LogP) is 3.10. The smallest absolute Gasteiger partial charge is 0.394 e. The van der Waals surface area contributed by atoms with Crippen molar-refractivity contribution >= 4 is 38.6 Å². The quantitative estimate of drug-likeness (QED) is 0.528. The highest BCUT2D eigenvalue weighted by Crippen LogP contribution is 2.37. The molecule has 0 aliphatic rings. The fraction of sp³-hybridized carbons (Fsp3) is 0.278. The van der Waals surface area contributed by atoms with E-state index in [0.29, 0.717) is 31.9 Å². The minimum Gasteiger partial charge on any atom is -0.394 e. The summed E-state index contributed by atoms with van der Waals surface area (Å²) in [5, 5.41) is 21.1. The molecule has 0 aliphatic heterocycles. The number of nitrogens with one attached hydrogen (secondary N) is 1. The van der Waals surface area contributed by atoms with Gasteiger partial charge in [-0.15, -0.1) is 16.4 Å². The van der Waals surface area contributed by atoms with Crippen molar-refractivity contribution in [3.05, 3.63) is 40.8 Å². The Morgan fingerprint density at radius 3 is 2.59 bits per heavy atom. The molecule has 3 heterocycles. The molecule has 0 spiro atoms. The molecule has 1 aromatic carbocycles. The largest absolute Gasteiger partial charge is 0.416 e. The van der Waals surface area contributed by atoms with E-state index in [0.717, 1.165) is 12.1 Å². The molecule has 0 saturated carbocycles. The lowest BCUT2D eigenvalue weighted by atomic mass is 10.2. The van der Waals surface area contributed by atoms with Crippen LogP contribution in [-0.2, 0) is 13.2 Å². The second kappa shape index (κ2) is 6.85. The van der Waals surface area contributed by atoms with Gasteiger partial charge < -0.3 is 10.4 Å². The first-order chi connectivity index (χ1) is 13.7. The maximum atomic E-state index is 12.9. The van der Waals surface area contributed by atoms with Gasteiger partial charge in [-0.25, -0.2) is 0 Å². The number of amides is 1. The second-order valence-electron chi connectivity index (χ2n) is 6.63. The minimum atomic E-state index is -4.43. The SMILES string of the molecule is C[C@@H](CO)NC(=O)c1cc2c3nn(C)nc3n(-c3ccc(C(F)(F)F)cc3)c2s1. The van der Waals surface area contributed by atoms with E-state index in [1.807, 2.05) is 0 Å². The predicted molar refractivity (Wildman–Crippen MR) is 102 cm³/mol. The number of halogens is 3. The van der Waals surface area contributed by atoms with Crippen molar-refractivity contribution in [2.75, 3.05) is 6.61 Å². The number of rotatable bonds is 4. The monoisotopic (exact) mass is 423 g/mol. The number of aliphatic hydroxyl groups is 1. The van der Waals surface area contributed by atoms with Crippen LogP contribution in [0.5, 0.6) is 0 Å². The fourth-order valence-electron chi connectivity index (χ4n) is 3.03. The highest BCUT2D eigenvalue weighted by molar-refractivity contribution is 7.20. The van der Waals surface area contributed by atoms with E-state index in [9.17, 15) is 18.0 Å². The van der Waals surface area contributed by atoms with E-state index in [-0.39, 0.29) is 12.5 Å². The lowest BCUT2D eigenvalue weighted by Crippen LogP contribution is -2.34. The number of alkyl halides is 3. The molecule has 0 saturated heterocycles. The van der Waals surface area contributed by atoms with E-state index in [4.69, 9.17) is 5.11 Å². The Morgan fingerprint density at radius 1 is 1.28 bits per heavy atom. The van der Waals surface area contributed by atoms with E-state index in [1.165, 1.54) is 28.3 Å². The molecule has 29 heavy (non-hydrogen) atoms. The number of aryl methyl sites for hydroxylation is 1. The maximum Gasteiger partial charge on any atom is 0.416 e. The van der Waals surface area contributed by atoms with Crippen LogP contribution in [0.15, 0.2) is 30.3 Å². The summed E-state index contributed by atoms with van der Waals surface area (Å²) in [4.78, 5) is 14.9. The normalized spacial score (nSPS) is 13.3. The number of thiophene rings is 1. The lowest BCUT2D eigenvalue weighted by Gasteiger charge is -2.09. The summed E-state index contributed by atoms with van der Waals surface area (Å²) in [5.74, 6) is -0.344. The first kappa shape index (κ1) is 19.4. The molecule has 1 amide bonds. The Balaban J connectivity index is 1.86. The summed E-state index contributed by atoms with van der Waals surface area (Å²) in [6, 6.07) is 6.02. The zero-order chi connectivity index (χ0) is 20.9. The molecule has 11 heteroatoms. The summed E-state index contributed by atoms with van der Waals surface area (Å²) in [6.07, 6.45) is -4.43. The Hall–Kier alpha value is -2.92. The maximum absolute atomic E-state index is 12.9. The molecule has 0 unspecified atom stereocenters. The number of hydrogen-bond donors (Lipinski definition) is 2. The molecule has 152 valence electrons. The van der Waals surface area contributed by atoms with Crippen molar-refractivity contribution in [2.45, 2.75) is 19.1 Å². The average molecular weight is 423 g/mol. The topological polar surface area (TPSA) is 85.0 Å². The number of fused-ring (bicyclic) bond motifs is 3. The molecule has 4 rings (SSSR count). The van der Waals surface area contributed by atoms with Gasteiger partial charge in [-0.1, -0.05) is 0 Å². The van der Waals surface area contributed by atoms with Crippen LogP contribution in [0, 0.1) is 0 Å². The van der Waals surface area contributed by atoms with Gasteiger partial charge in [-0.05, 0) is 37.3 Å². The first-order valence-corrected chi connectivity index (χ1v) is 9.45. The molecular formula is C18H16F3N5O2S. The summed E-state index contributed by atoms with van der Waals surface area (Å²) in [6.45, 7) is 1.48. The molecule has 0 bridgehead atoms. The Kier molecular flexibility index (Phi) is 4.58. The zero-order valence-electron chi connectivity index (χ0n) is 15.4. The van der Waals surface area contributed by atoms with Crippen LogP contribution >= 0.6 is 11.3 Å². The van der Waals surface area contributed by atoms with Gasteiger partial charge in [0.05, 0.1) is 17.0 Å². The number of benzene rings is 1. The standard InChI is InChI=1S/C18H16F3N5O2S/c1-9(8-27)22-16(28)13-7-12-14-15(24-25(2)23-14)26(17(12)29-13)11-5-3-10(4-6-11)18(19,20)21/h3-7,9,27H,8H2,1-2H3,(H,22,28)/t9-/m0/s1. The van der Waals surface area contributed by atoms with Crippen LogP contribution in [0.1, 0.15) is 22.2 Å². The Morgan fingerprint density at radius 2 is 1.97 bits per heavy atom. The van der Waals surface area contributed by atoms with Crippen molar-refractivity contribution < 1.29 is 23.1 Å². The number of carbonyl (C=O) groups excluding carboxylic acids is 1. The molecule has 4 aromatic rings. The van der Waals surface area contributed by atoms with Crippen molar-refractivity contribution in [1.82, 2.24) is 24.9 Å². The van der Waals surface area contributed by atoms with Crippen molar-refractivity contribution in [3.8, 4) is 5.69 Å². The molecule has 1 atom stereocenters. The molecule has 2 N–H and O–H groups in total. The van der Waals surface area contributed by atoms with E-state index >= 15 is 0 Å². The summed E-state index contributed by atoms with van der Waals surface area (Å²) in [5.41, 5.74) is 0.775. The fourth-order valence-corrected chi connectivity index (χ4v) is 4.11. The first-order valence-electron chi connectivity index (χ1n) is 8.63. The van der Waals surface area contributed by atoms with Crippen LogP contribution in [0.4, 0.5) is 13.2 Å². The van der Waals surface area contributed by atoms with Crippen molar-refractivity contribution in [2.24, 2.45) is 7.05 Å². The van der Waals surface area contributed by atoms with Crippen LogP contribution < -0.4 is 5.32 Å². The van der Waals surface area contributed by atoms with Crippen LogP contribution in [0.3, 0.4) is 0 Å². The third-order valence-corrected chi connectivity index (χ3v) is 5.53. The zero-order valence-corrected chi connectivity index (χ0v) is 16.2. The lowest BCUT2D eigenvalue weighted by molar-refractivity contribution is -0.137. The number of hydrogen-bond acceptors (Lipinski definition) is 5. The van der Waals surface area contributed by atoms with E-state index in [2.05, 4.69) is 15.5 Å². The molecule has 0 fully saturated rings. The van der Waals surface area contributed by atoms with Gasteiger partial charge in [-0.3, -0.25) is 9.36 Å². The summed E-state index contributed by atoms with van der Waals surface area (Å²) < 4.78 is 40.4. The molecule has 0 aliphatic carbocycles. The molecule has 3 aromatic heterocycles. The molecule has 7 nitrogen and oxygen atoms in total. The Bertz CT molecular complexity index is 1210. The highest BCUT2D eigenvalue weighted by Gasteiger charge is 2.30. The van der Waals surface area contributed by atoms with Crippen LogP contribution in [0.2, 0.25) is 0 Å². The number of aliphatic hydroxyl groups excluding tert-OH is 1. The van der Waals surface area contributed by atoms with Gasteiger partial charge in [-0.2, -0.15) is 23.1 Å². The minimum absolute atomic E-state index is 0.192. The van der Waals surface area contributed by atoms with Gasteiger partial charge in [0, 0.05) is 24.2 Å². The van der Waals surface area contributed by atoms with Gasteiger partial charge in [0.1, 0.15) is 10.3 Å². The molecular weight excluding hydrogens is 407 g/mol. The van der Waals surface area contributed by atoms with E-state index in [1.54, 1.807) is 24.6 Å². The van der Waals surface area contributed by atoms with E-state index < -0.39 is 17.8 Å². The molecule has 0 radical (unpaired) electrons. The van der Waals surface area contributed by atoms with Crippen molar-refractivity contribution in [3.63, 3.8) is 0 Å². The number of carbonyl (C=O) groups is 1. The highest BCUT2D eigenvalue weighted by atomic mass is 32.1. The van der Waals surface area contributed by atoms with Gasteiger partial charge >= 0.3 is 6.18 Å². The van der Waals surface area contributed by atoms with Gasteiger partial charge in [0.2, 0.25) is 0 Å². The van der Waals surface area contributed by atoms with Gasteiger partial charge in [0.15, 0.2) is 5.65 Å². The summed E-state index contributed by atoms with van der Waals surface area (Å²) in [7, 11) is 1.64. The number of nitrogens with zero attached hydrogens (tertiary/aromatic N) is 4. The van der Waals surface area contributed by atoms with Crippen molar-refractivity contribution in [1.29, 1.82) is 0 Å². The summed E-state index contributed by atoms with van der Waals surface area (Å²) >= 11 is 1.18. The number of aromatic nitrogens is 4. The third-order valence-electron chi connectivity index (χ3n) is 4.41. The van der Waals surface area contributed by atoms with Crippen LogP contribution in [-0.4, -0.2) is 43.2 Å². The third kappa shape index (κ3) is 3.36. The van der Waals surface area contributed by atoms with Gasteiger partial charge in [0.25, 0.3) is 5.91 Å².